The van der Waals surface area contributed by atoms with Crippen LogP contribution in [0.4, 0.5) is 5.69 Å². The molecule has 1 amide bonds. The van der Waals surface area contributed by atoms with Crippen LogP contribution in [0, 0.1) is 6.92 Å². The van der Waals surface area contributed by atoms with Crippen LogP contribution in [0.5, 0.6) is 5.75 Å². The highest BCUT2D eigenvalue weighted by Crippen LogP contribution is 2.25. The lowest BCUT2D eigenvalue weighted by Crippen LogP contribution is -2.35. The number of anilines is 1. The Morgan fingerprint density at radius 2 is 2.00 bits per heavy atom. The maximum Gasteiger partial charge on any atom is 0.328 e. The third-order valence-corrected chi connectivity index (χ3v) is 3.49. The zero-order chi connectivity index (χ0) is 19.3. The van der Waals surface area contributed by atoms with Crippen molar-refractivity contribution >= 4 is 17.6 Å². The number of esters is 1. The van der Waals surface area contributed by atoms with Gasteiger partial charge in [0.1, 0.15) is 12.3 Å². The number of aryl methyl sites for hydroxylation is 1. The van der Waals surface area contributed by atoms with Gasteiger partial charge in [0.25, 0.3) is 11.5 Å². The number of amides is 1. The van der Waals surface area contributed by atoms with Crippen molar-refractivity contribution in [2.24, 2.45) is 0 Å². The highest BCUT2D eigenvalue weighted by atomic mass is 16.5. The number of nitrogens with zero attached hydrogens (tertiary/aromatic N) is 1. The Labute approximate surface area is 148 Å². The second-order valence-corrected chi connectivity index (χ2v) is 5.56. The van der Waals surface area contributed by atoms with E-state index in [1.165, 1.54) is 20.2 Å². The molecule has 0 fully saturated rings. The quantitative estimate of drug-likeness (QED) is 0.720. The highest BCUT2D eigenvalue weighted by molar-refractivity contribution is 5.96. The minimum Gasteiger partial charge on any atom is -0.495 e. The fourth-order valence-corrected chi connectivity index (χ4v) is 2.15. The molecule has 0 unspecified atom stereocenters. The number of carbonyl (C=O) groups excluding carboxylic acids is 2. The van der Waals surface area contributed by atoms with Crippen LogP contribution in [-0.2, 0) is 20.9 Å². The smallest absolute Gasteiger partial charge is 0.328 e. The van der Waals surface area contributed by atoms with Gasteiger partial charge in [0.15, 0.2) is 6.10 Å². The number of methoxy groups -OCH3 is 1. The van der Waals surface area contributed by atoms with Gasteiger partial charge < -0.3 is 14.8 Å². The number of carbonyl (C=O) groups is 2. The Morgan fingerprint density at radius 3 is 2.65 bits per heavy atom. The first-order valence-corrected chi connectivity index (χ1v) is 7.75. The van der Waals surface area contributed by atoms with Gasteiger partial charge in [-0.1, -0.05) is 6.07 Å². The van der Waals surface area contributed by atoms with Gasteiger partial charge in [0.2, 0.25) is 0 Å². The molecule has 138 valence electrons. The van der Waals surface area contributed by atoms with Crippen LogP contribution in [-0.4, -0.2) is 34.6 Å². The normalized spacial score (nSPS) is 11.5. The summed E-state index contributed by atoms with van der Waals surface area (Å²) in [4.78, 5) is 48.7. The molecule has 0 saturated heterocycles. The molecular weight excluding hydrogens is 342 g/mol. The Hall–Kier alpha value is -3.36. The van der Waals surface area contributed by atoms with Crippen molar-refractivity contribution in [2.45, 2.75) is 26.5 Å². The molecule has 1 heterocycles. The van der Waals surface area contributed by atoms with E-state index in [4.69, 9.17) is 9.47 Å². The van der Waals surface area contributed by atoms with Crippen molar-refractivity contribution in [3.63, 3.8) is 0 Å². The van der Waals surface area contributed by atoms with Gasteiger partial charge in [0.05, 0.1) is 12.8 Å². The highest BCUT2D eigenvalue weighted by Gasteiger charge is 2.19. The Kier molecular flexibility index (Phi) is 5.94. The molecule has 1 atom stereocenters. The first kappa shape index (κ1) is 19.0. The molecule has 0 aliphatic carbocycles. The summed E-state index contributed by atoms with van der Waals surface area (Å²) < 4.78 is 11.2. The maximum atomic E-state index is 12.2. The number of benzene rings is 1. The fourth-order valence-electron chi connectivity index (χ4n) is 2.15. The Balaban J connectivity index is 2.00. The zero-order valence-corrected chi connectivity index (χ0v) is 14.6. The molecule has 9 heteroatoms. The van der Waals surface area contributed by atoms with Crippen LogP contribution < -0.4 is 21.3 Å². The summed E-state index contributed by atoms with van der Waals surface area (Å²) in [5, 5.41) is 2.63. The lowest BCUT2D eigenvalue weighted by atomic mass is 10.2. The van der Waals surface area contributed by atoms with Crippen molar-refractivity contribution in [2.75, 3.05) is 12.4 Å². The summed E-state index contributed by atoms with van der Waals surface area (Å²) in [5.41, 5.74) is 0.0657. The molecule has 0 spiro atoms. The van der Waals surface area contributed by atoms with E-state index in [1.54, 1.807) is 12.1 Å². The molecule has 2 N–H and O–H groups in total. The van der Waals surface area contributed by atoms with Crippen molar-refractivity contribution < 1.29 is 19.1 Å². The van der Waals surface area contributed by atoms with E-state index in [0.717, 1.165) is 16.2 Å². The summed E-state index contributed by atoms with van der Waals surface area (Å²) in [5.74, 6) is -0.864. The van der Waals surface area contributed by atoms with Crippen molar-refractivity contribution in [1.82, 2.24) is 9.55 Å². The van der Waals surface area contributed by atoms with E-state index in [1.807, 2.05) is 18.0 Å². The van der Waals surface area contributed by atoms with Crippen LogP contribution in [0.25, 0.3) is 0 Å². The summed E-state index contributed by atoms with van der Waals surface area (Å²) in [7, 11) is 1.48. The SMILES string of the molecule is COc1ccc(C)cc1NC(=O)[C@@H](C)OC(=O)Cn1ccc(=O)[nH]c1=O. The molecule has 9 nitrogen and oxygen atoms in total. The van der Waals surface area contributed by atoms with Crippen molar-refractivity contribution in [1.29, 1.82) is 0 Å². The predicted octanol–water partition coefficient (Wildman–Crippen LogP) is 0.424. The number of hydrogen-bond donors (Lipinski definition) is 2. The molecule has 1 aromatic heterocycles. The predicted molar refractivity (Wildman–Crippen MR) is 93.2 cm³/mol. The van der Waals surface area contributed by atoms with E-state index in [9.17, 15) is 19.2 Å². The lowest BCUT2D eigenvalue weighted by molar-refractivity contribution is -0.153. The van der Waals surface area contributed by atoms with Gasteiger partial charge in [-0.2, -0.15) is 0 Å². The number of aromatic nitrogens is 2. The second-order valence-electron chi connectivity index (χ2n) is 5.56. The average molecular weight is 361 g/mol. The van der Waals surface area contributed by atoms with Crippen LogP contribution in [0.3, 0.4) is 0 Å². The Bertz CT molecular complexity index is 931. The molecule has 26 heavy (non-hydrogen) atoms. The van der Waals surface area contributed by atoms with Gasteiger partial charge in [-0.05, 0) is 31.5 Å². The lowest BCUT2D eigenvalue weighted by Gasteiger charge is -2.16. The largest absolute Gasteiger partial charge is 0.495 e. The van der Waals surface area contributed by atoms with Gasteiger partial charge in [0, 0.05) is 12.3 Å². The van der Waals surface area contributed by atoms with E-state index in [2.05, 4.69) is 5.32 Å². The minimum absolute atomic E-state index is 0.430. The van der Waals surface area contributed by atoms with E-state index >= 15 is 0 Å². The van der Waals surface area contributed by atoms with E-state index in [-0.39, 0.29) is 0 Å². The van der Waals surface area contributed by atoms with Crippen LogP contribution in [0.15, 0.2) is 40.1 Å². The number of ether oxygens (including phenoxy) is 2. The third-order valence-electron chi connectivity index (χ3n) is 3.49. The maximum absolute atomic E-state index is 12.2. The average Bonchev–Trinajstić information content (AvgIpc) is 2.57. The van der Waals surface area contributed by atoms with Crippen molar-refractivity contribution in [3.8, 4) is 5.75 Å². The molecule has 2 aromatic rings. The number of nitrogens with one attached hydrogen (secondary N) is 2. The number of H-pyrrole nitrogens is 1. The molecule has 0 bridgehead atoms. The summed E-state index contributed by atoms with van der Waals surface area (Å²) in [6.45, 7) is 2.84. The summed E-state index contributed by atoms with van der Waals surface area (Å²) >= 11 is 0. The van der Waals surface area contributed by atoms with Crippen LogP contribution >= 0.6 is 0 Å². The number of rotatable bonds is 6. The third kappa shape index (κ3) is 4.82. The topological polar surface area (TPSA) is 119 Å². The first-order chi connectivity index (χ1) is 12.3. The van der Waals surface area contributed by atoms with Gasteiger partial charge in [-0.3, -0.25) is 23.9 Å². The molecular formula is C17H19N3O6. The van der Waals surface area contributed by atoms with Gasteiger partial charge >= 0.3 is 11.7 Å². The number of aromatic amines is 1. The minimum atomic E-state index is -1.09. The molecule has 0 aliphatic heterocycles. The van der Waals surface area contributed by atoms with E-state index < -0.39 is 35.8 Å². The number of hydrogen-bond acceptors (Lipinski definition) is 6. The van der Waals surface area contributed by atoms with Crippen LogP contribution in [0.1, 0.15) is 12.5 Å². The van der Waals surface area contributed by atoms with Crippen molar-refractivity contribution in [3.05, 3.63) is 56.9 Å². The molecule has 2 rings (SSSR count). The van der Waals surface area contributed by atoms with Gasteiger partial charge in [-0.15, -0.1) is 0 Å². The van der Waals surface area contributed by atoms with E-state index in [0.29, 0.717) is 11.4 Å². The zero-order valence-electron chi connectivity index (χ0n) is 14.6. The molecule has 0 radical (unpaired) electrons. The standard InChI is InChI=1S/C17H19N3O6/c1-10-4-5-13(25-3)12(8-10)18-16(23)11(2)26-15(22)9-20-7-6-14(21)19-17(20)24/h4-8,11H,9H2,1-3H3,(H,18,23)(H,19,21,24)/t11-/m1/s1. The summed E-state index contributed by atoms with van der Waals surface area (Å²) in [6, 6.07) is 6.38. The van der Waals surface area contributed by atoms with Crippen LogP contribution in [0.2, 0.25) is 0 Å². The van der Waals surface area contributed by atoms with Gasteiger partial charge in [-0.25, -0.2) is 4.79 Å². The molecule has 1 aromatic carbocycles. The second kappa shape index (κ2) is 8.15. The molecule has 0 aliphatic rings. The first-order valence-electron chi connectivity index (χ1n) is 7.75. The Morgan fingerprint density at radius 1 is 1.27 bits per heavy atom. The monoisotopic (exact) mass is 361 g/mol. The fraction of sp³-hybridized carbons (Fsp3) is 0.294. The summed E-state index contributed by atoms with van der Waals surface area (Å²) in [6.07, 6.45) is 0.0799. The molecule has 0 saturated carbocycles.